The van der Waals surface area contributed by atoms with Crippen LogP contribution >= 0.6 is 0 Å². The van der Waals surface area contributed by atoms with E-state index in [4.69, 9.17) is 5.26 Å². The Kier molecular flexibility index (Phi) is 2.41. The zero-order valence-electron chi connectivity index (χ0n) is 9.50. The zero-order valence-corrected chi connectivity index (χ0v) is 9.50. The van der Waals surface area contributed by atoms with Crippen LogP contribution in [0.25, 0.3) is 11.3 Å². The summed E-state index contributed by atoms with van der Waals surface area (Å²) < 4.78 is 1.92. The number of aromatic nitrogens is 2. The third-order valence-corrected chi connectivity index (χ3v) is 3.07. The monoisotopic (exact) mass is 223 g/mol. The molecule has 0 amide bonds. The SMILES string of the molecule is N#Cc1cn(CC2CC2)nc1-c1ccccc1. The lowest BCUT2D eigenvalue weighted by Gasteiger charge is -1.98. The molecule has 0 atom stereocenters. The maximum absolute atomic E-state index is 9.14. The molecule has 1 fully saturated rings. The smallest absolute Gasteiger partial charge is 0.110 e. The van der Waals surface area contributed by atoms with Crippen LogP contribution in [0.4, 0.5) is 0 Å². The van der Waals surface area contributed by atoms with E-state index in [0.29, 0.717) is 5.56 Å². The van der Waals surface area contributed by atoms with Gasteiger partial charge < -0.3 is 0 Å². The van der Waals surface area contributed by atoms with Gasteiger partial charge in [-0.3, -0.25) is 4.68 Å². The Morgan fingerprint density at radius 1 is 1.29 bits per heavy atom. The Hall–Kier alpha value is -2.08. The van der Waals surface area contributed by atoms with Crippen molar-refractivity contribution in [2.75, 3.05) is 0 Å². The Labute approximate surface area is 100 Å². The normalized spacial score (nSPS) is 14.5. The van der Waals surface area contributed by atoms with Crippen LogP contribution in [-0.4, -0.2) is 9.78 Å². The van der Waals surface area contributed by atoms with E-state index in [0.717, 1.165) is 23.7 Å². The second-order valence-corrected chi connectivity index (χ2v) is 4.53. The fraction of sp³-hybridized carbons (Fsp3) is 0.286. The highest BCUT2D eigenvalue weighted by atomic mass is 15.3. The van der Waals surface area contributed by atoms with Gasteiger partial charge in [-0.1, -0.05) is 30.3 Å². The molecule has 17 heavy (non-hydrogen) atoms. The minimum absolute atomic E-state index is 0.664. The Morgan fingerprint density at radius 3 is 2.71 bits per heavy atom. The Bertz CT molecular complexity index is 559. The van der Waals surface area contributed by atoms with Crippen molar-refractivity contribution >= 4 is 0 Å². The fourth-order valence-corrected chi connectivity index (χ4v) is 1.97. The van der Waals surface area contributed by atoms with Crippen LogP contribution in [0.15, 0.2) is 36.5 Å². The molecule has 0 aliphatic heterocycles. The summed E-state index contributed by atoms with van der Waals surface area (Å²) in [5.41, 5.74) is 2.48. The van der Waals surface area contributed by atoms with E-state index in [-0.39, 0.29) is 0 Å². The van der Waals surface area contributed by atoms with Crippen LogP contribution in [-0.2, 0) is 6.54 Å². The van der Waals surface area contributed by atoms with Gasteiger partial charge in [0.1, 0.15) is 11.8 Å². The van der Waals surface area contributed by atoms with E-state index < -0.39 is 0 Å². The van der Waals surface area contributed by atoms with Crippen molar-refractivity contribution in [1.82, 2.24) is 9.78 Å². The molecule has 1 heterocycles. The number of nitriles is 1. The number of benzene rings is 1. The summed E-state index contributed by atoms with van der Waals surface area (Å²) >= 11 is 0. The first kappa shape index (κ1) is 10.1. The fourth-order valence-electron chi connectivity index (χ4n) is 1.97. The van der Waals surface area contributed by atoms with Crippen LogP contribution < -0.4 is 0 Å². The second kappa shape index (κ2) is 4.06. The van der Waals surface area contributed by atoms with E-state index in [1.54, 1.807) is 0 Å². The number of rotatable bonds is 3. The molecule has 1 aliphatic rings. The van der Waals surface area contributed by atoms with E-state index in [1.807, 2.05) is 41.2 Å². The highest BCUT2D eigenvalue weighted by molar-refractivity contribution is 5.65. The van der Waals surface area contributed by atoms with Crippen molar-refractivity contribution in [3.05, 3.63) is 42.1 Å². The molecule has 1 aromatic carbocycles. The summed E-state index contributed by atoms with van der Waals surface area (Å²) in [6.45, 7) is 0.946. The van der Waals surface area contributed by atoms with Gasteiger partial charge in [-0.2, -0.15) is 10.4 Å². The molecule has 0 N–H and O–H groups in total. The van der Waals surface area contributed by atoms with Gasteiger partial charge in [0.05, 0.1) is 5.56 Å². The third kappa shape index (κ3) is 2.07. The molecule has 0 radical (unpaired) electrons. The summed E-state index contributed by atoms with van der Waals surface area (Å²) in [6, 6.07) is 12.1. The van der Waals surface area contributed by atoms with Crippen molar-refractivity contribution in [3.8, 4) is 17.3 Å². The number of hydrogen-bond donors (Lipinski definition) is 0. The maximum Gasteiger partial charge on any atom is 0.110 e. The quantitative estimate of drug-likeness (QED) is 0.802. The third-order valence-electron chi connectivity index (χ3n) is 3.07. The molecule has 2 aromatic rings. The van der Waals surface area contributed by atoms with Gasteiger partial charge in [-0.05, 0) is 18.8 Å². The van der Waals surface area contributed by atoms with Crippen molar-refractivity contribution in [3.63, 3.8) is 0 Å². The van der Waals surface area contributed by atoms with Gasteiger partial charge >= 0.3 is 0 Å². The Balaban J connectivity index is 1.97. The van der Waals surface area contributed by atoms with Crippen molar-refractivity contribution in [2.24, 2.45) is 5.92 Å². The van der Waals surface area contributed by atoms with Gasteiger partial charge in [0.2, 0.25) is 0 Å². The first-order valence-electron chi connectivity index (χ1n) is 5.90. The van der Waals surface area contributed by atoms with Crippen LogP contribution in [0, 0.1) is 17.2 Å². The predicted octanol–water partition coefficient (Wildman–Crippen LogP) is 2.83. The lowest BCUT2D eigenvalue weighted by Crippen LogP contribution is -1.99. The van der Waals surface area contributed by atoms with Crippen molar-refractivity contribution < 1.29 is 0 Å². The van der Waals surface area contributed by atoms with E-state index in [1.165, 1.54) is 12.8 Å². The zero-order chi connectivity index (χ0) is 11.7. The summed E-state index contributed by atoms with van der Waals surface area (Å²) in [4.78, 5) is 0. The first-order chi connectivity index (χ1) is 8.36. The minimum atomic E-state index is 0.664. The van der Waals surface area contributed by atoms with Gasteiger partial charge in [-0.25, -0.2) is 0 Å². The standard InChI is InChI=1S/C14H13N3/c15-8-13-10-17(9-11-6-7-11)16-14(13)12-4-2-1-3-5-12/h1-5,10-11H,6-7,9H2. The second-order valence-electron chi connectivity index (χ2n) is 4.53. The lowest BCUT2D eigenvalue weighted by atomic mass is 10.1. The molecule has 3 heteroatoms. The van der Waals surface area contributed by atoms with E-state index in [9.17, 15) is 0 Å². The molecule has 1 aliphatic carbocycles. The minimum Gasteiger partial charge on any atom is -0.270 e. The summed E-state index contributed by atoms with van der Waals surface area (Å²) in [5.74, 6) is 0.769. The molecule has 0 unspecified atom stereocenters. The van der Waals surface area contributed by atoms with Gasteiger partial charge in [0.25, 0.3) is 0 Å². The number of nitrogens with zero attached hydrogens (tertiary/aromatic N) is 3. The van der Waals surface area contributed by atoms with Gasteiger partial charge in [-0.15, -0.1) is 0 Å². The van der Waals surface area contributed by atoms with Crippen molar-refractivity contribution in [1.29, 1.82) is 5.26 Å². The Morgan fingerprint density at radius 2 is 2.06 bits per heavy atom. The van der Waals surface area contributed by atoms with E-state index >= 15 is 0 Å². The maximum atomic E-state index is 9.14. The molecule has 0 bridgehead atoms. The average Bonchev–Trinajstić information content (AvgIpc) is 3.08. The summed E-state index contributed by atoms with van der Waals surface area (Å²) in [7, 11) is 0. The largest absolute Gasteiger partial charge is 0.270 e. The molecule has 1 saturated carbocycles. The molecule has 1 aromatic heterocycles. The predicted molar refractivity (Wildman–Crippen MR) is 65.1 cm³/mol. The molecule has 84 valence electrons. The van der Waals surface area contributed by atoms with Crippen LogP contribution in [0.5, 0.6) is 0 Å². The van der Waals surface area contributed by atoms with Crippen LogP contribution in [0.3, 0.4) is 0 Å². The highest BCUT2D eigenvalue weighted by Crippen LogP contribution is 2.31. The topological polar surface area (TPSA) is 41.6 Å². The molecule has 3 nitrogen and oxygen atoms in total. The molecular weight excluding hydrogens is 210 g/mol. The molecule has 0 saturated heterocycles. The van der Waals surface area contributed by atoms with E-state index in [2.05, 4.69) is 11.2 Å². The van der Waals surface area contributed by atoms with Gasteiger partial charge in [0, 0.05) is 18.3 Å². The van der Waals surface area contributed by atoms with Crippen LogP contribution in [0.2, 0.25) is 0 Å². The average molecular weight is 223 g/mol. The highest BCUT2D eigenvalue weighted by Gasteiger charge is 2.23. The first-order valence-corrected chi connectivity index (χ1v) is 5.90. The molecule has 3 rings (SSSR count). The summed E-state index contributed by atoms with van der Waals surface area (Å²) in [5, 5.41) is 13.7. The number of hydrogen-bond acceptors (Lipinski definition) is 2. The van der Waals surface area contributed by atoms with Crippen LogP contribution in [0.1, 0.15) is 18.4 Å². The molecular formula is C14H13N3. The molecule has 0 spiro atoms. The van der Waals surface area contributed by atoms with Crippen molar-refractivity contribution in [2.45, 2.75) is 19.4 Å². The van der Waals surface area contributed by atoms with Gasteiger partial charge in [0.15, 0.2) is 0 Å². The lowest BCUT2D eigenvalue weighted by molar-refractivity contribution is 0.564. The summed E-state index contributed by atoms with van der Waals surface area (Å²) in [6.07, 6.45) is 4.45.